The first kappa shape index (κ1) is 20.6. The SMILES string of the molecule is CNC(=O)c1ccc(C[NH+](C)[C@H](C)C(=O)N(C)Cc2cccc(F)c2)cc1. The molecule has 2 amide bonds. The molecule has 5 nitrogen and oxygen atoms in total. The van der Waals surface area contributed by atoms with Crippen molar-refractivity contribution in [3.05, 3.63) is 71.0 Å². The predicted molar refractivity (Wildman–Crippen MR) is 103 cm³/mol. The fraction of sp³-hybridized carbons (Fsp3) is 0.333. The second-order valence-corrected chi connectivity index (χ2v) is 6.85. The van der Waals surface area contributed by atoms with E-state index in [1.165, 1.54) is 12.1 Å². The van der Waals surface area contributed by atoms with Crippen LogP contribution in [0, 0.1) is 5.82 Å². The Kier molecular flexibility index (Phi) is 7.07. The smallest absolute Gasteiger partial charge is 0.280 e. The van der Waals surface area contributed by atoms with E-state index in [1.54, 1.807) is 37.2 Å². The molecule has 0 saturated carbocycles. The third-order valence-electron chi connectivity index (χ3n) is 4.72. The summed E-state index contributed by atoms with van der Waals surface area (Å²) in [6, 6.07) is 13.4. The van der Waals surface area contributed by atoms with Crippen LogP contribution in [0.15, 0.2) is 48.5 Å². The van der Waals surface area contributed by atoms with Crippen LogP contribution in [0.2, 0.25) is 0 Å². The van der Waals surface area contributed by atoms with Gasteiger partial charge in [0.15, 0.2) is 6.04 Å². The molecule has 2 aromatic carbocycles. The van der Waals surface area contributed by atoms with E-state index in [4.69, 9.17) is 0 Å². The Balaban J connectivity index is 1.95. The second kappa shape index (κ2) is 9.28. The number of carbonyl (C=O) groups is 2. The van der Waals surface area contributed by atoms with Gasteiger partial charge in [0.25, 0.3) is 11.8 Å². The Bertz CT molecular complexity index is 792. The van der Waals surface area contributed by atoms with E-state index in [2.05, 4.69) is 5.32 Å². The van der Waals surface area contributed by atoms with Crippen molar-refractivity contribution in [2.24, 2.45) is 0 Å². The topological polar surface area (TPSA) is 53.9 Å². The van der Waals surface area contributed by atoms with Crippen molar-refractivity contribution in [1.82, 2.24) is 10.2 Å². The third kappa shape index (κ3) is 5.62. The van der Waals surface area contributed by atoms with Gasteiger partial charge >= 0.3 is 0 Å². The predicted octanol–water partition coefficient (Wildman–Crippen LogP) is 1.25. The molecule has 0 spiro atoms. The number of amides is 2. The highest BCUT2D eigenvalue weighted by atomic mass is 19.1. The van der Waals surface area contributed by atoms with Gasteiger partial charge in [0.2, 0.25) is 0 Å². The van der Waals surface area contributed by atoms with Gasteiger partial charge < -0.3 is 15.1 Å². The average Bonchev–Trinajstić information content (AvgIpc) is 2.66. The Morgan fingerprint density at radius 1 is 1.15 bits per heavy atom. The van der Waals surface area contributed by atoms with Crippen molar-refractivity contribution < 1.29 is 18.9 Å². The summed E-state index contributed by atoms with van der Waals surface area (Å²) in [6.45, 7) is 2.92. The monoisotopic (exact) mass is 372 g/mol. The lowest BCUT2D eigenvalue weighted by atomic mass is 10.1. The molecule has 0 heterocycles. The molecule has 144 valence electrons. The summed E-state index contributed by atoms with van der Waals surface area (Å²) >= 11 is 0. The maximum absolute atomic E-state index is 13.3. The van der Waals surface area contributed by atoms with E-state index >= 15 is 0 Å². The molecular weight excluding hydrogens is 345 g/mol. The molecule has 2 aromatic rings. The molecule has 27 heavy (non-hydrogen) atoms. The van der Waals surface area contributed by atoms with Gasteiger partial charge in [0, 0.05) is 31.8 Å². The van der Waals surface area contributed by atoms with Crippen LogP contribution in [0.3, 0.4) is 0 Å². The number of hydrogen-bond acceptors (Lipinski definition) is 2. The van der Waals surface area contributed by atoms with Gasteiger partial charge in [-0.25, -0.2) is 4.39 Å². The fourth-order valence-electron chi connectivity index (χ4n) is 2.92. The van der Waals surface area contributed by atoms with Crippen LogP contribution in [0.5, 0.6) is 0 Å². The quantitative estimate of drug-likeness (QED) is 0.769. The van der Waals surface area contributed by atoms with E-state index in [0.29, 0.717) is 18.7 Å². The molecule has 2 N–H and O–H groups in total. The highest BCUT2D eigenvalue weighted by molar-refractivity contribution is 5.93. The third-order valence-corrected chi connectivity index (χ3v) is 4.72. The van der Waals surface area contributed by atoms with Gasteiger partial charge in [-0.3, -0.25) is 9.59 Å². The van der Waals surface area contributed by atoms with Crippen LogP contribution in [-0.2, 0) is 17.9 Å². The minimum atomic E-state index is -0.302. The normalized spacial score (nSPS) is 12.9. The summed E-state index contributed by atoms with van der Waals surface area (Å²) in [5, 5.41) is 2.59. The van der Waals surface area contributed by atoms with Crippen molar-refractivity contribution in [2.45, 2.75) is 26.1 Å². The number of carbonyl (C=O) groups excluding carboxylic acids is 2. The van der Waals surface area contributed by atoms with Crippen molar-refractivity contribution in [2.75, 3.05) is 21.1 Å². The number of rotatable bonds is 7. The fourth-order valence-corrected chi connectivity index (χ4v) is 2.92. The number of nitrogens with zero attached hydrogens (tertiary/aromatic N) is 1. The lowest BCUT2D eigenvalue weighted by Gasteiger charge is -2.26. The highest BCUT2D eigenvalue weighted by Gasteiger charge is 2.25. The summed E-state index contributed by atoms with van der Waals surface area (Å²) in [5.74, 6) is -0.423. The van der Waals surface area contributed by atoms with Crippen LogP contribution in [0.1, 0.15) is 28.4 Å². The van der Waals surface area contributed by atoms with E-state index in [0.717, 1.165) is 16.0 Å². The molecule has 0 saturated heterocycles. The van der Waals surface area contributed by atoms with Crippen LogP contribution < -0.4 is 10.2 Å². The zero-order valence-electron chi connectivity index (χ0n) is 16.3. The van der Waals surface area contributed by atoms with Gasteiger partial charge in [0.1, 0.15) is 12.4 Å². The first-order valence-corrected chi connectivity index (χ1v) is 8.94. The molecule has 0 aliphatic heterocycles. The number of nitrogens with one attached hydrogen (secondary N) is 2. The molecule has 0 radical (unpaired) electrons. The first-order valence-electron chi connectivity index (χ1n) is 8.94. The number of quaternary nitrogens is 1. The van der Waals surface area contributed by atoms with E-state index < -0.39 is 0 Å². The van der Waals surface area contributed by atoms with Crippen LogP contribution >= 0.6 is 0 Å². The molecule has 0 bridgehead atoms. The zero-order chi connectivity index (χ0) is 20.0. The van der Waals surface area contributed by atoms with Crippen molar-refractivity contribution in [1.29, 1.82) is 0 Å². The number of likely N-dealkylation sites (N-methyl/N-ethyl adjacent to an activating group) is 2. The number of benzene rings is 2. The molecule has 0 aliphatic rings. The lowest BCUT2D eigenvalue weighted by molar-refractivity contribution is -0.908. The molecule has 1 unspecified atom stereocenters. The van der Waals surface area contributed by atoms with Crippen molar-refractivity contribution in [3.8, 4) is 0 Å². The van der Waals surface area contributed by atoms with E-state index in [1.807, 2.05) is 32.2 Å². The van der Waals surface area contributed by atoms with Gasteiger partial charge in [-0.2, -0.15) is 0 Å². The van der Waals surface area contributed by atoms with Gasteiger partial charge in [-0.1, -0.05) is 24.3 Å². The van der Waals surface area contributed by atoms with Crippen molar-refractivity contribution >= 4 is 11.8 Å². The molecule has 6 heteroatoms. The summed E-state index contributed by atoms with van der Waals surface area (Å²) in [7, 11) is 5.29. The molecule has 0 aliphatic carbocycles. The van der Waals surface area contributed by atoms with Gasteiger partial charge in [-0.05, 0) is 36.8 Å². The van der Waals surface area contributed by atoms with Crippen molar-refractivity contribution in [3.63, 3.8) is 0 Å². The molecule has 0 fully saturated rings. The minimum absolute atomic E-state index is 0.00116. The first-order chi connectivity index (χ1) is 12.8. The van der Waals surface area contributed by atoms with Crippen LogP contribution in [0.4, 0.5) is 4.39 Å². The summed E-state index contributed by atoms with van der Waals surface area (Å²) in [6.07, 6.45) is 0. The Labute approximate surface area is 159 Å². The minimum Gasteiger partial charge on any atom is -0.355 e. The van der Waals surface area contributed by atoms with E-state index in [-0.39, 0.29) is 23.7 Å². The average molecular weight is 372 g/mol. The molecule has 0 aromatic heterocycles. The molecule has 2 atom stereocenters. The van der Waals surface area contributed by atoms with Gasteiger partial charge in [0.05, 0.1) is 7.05 Å². The largest absolute Gasteiger partial charge is 0.355 e. The highest BCUT2D eigenvalue weighted by Crippen LogP contribution is 2.07. The second-order valence-electron chi connectivity index (χ2n) is 6.85. The Morgan fingerprint density at radius 2 is 1.81 bits per heavy atom. The summed E-state index contributed by atoms with van der Waals surface area (Å²) < 4.78 is 13.3. The molecule has 2 rings (SSSR count). The van der Waals surface area contributed by atoms with Crippen LogP contribution in [0.25, 0.3) is 0 Å². The van der Waals surface area contributed by atoms with E-state index in [9.17, 15) is 14.0 Å². The maximum atomic E-state index is 13.3. The Hall–Kier alpha value is -2.73. The van der Waals surface area contributed by atoms with Gasteiger partial charge in [-0.15, -0.1) is 0 Å². The van der Waals surface area contributed by atoms with Crippen LogP contribution in [-0.4, -0.2) is 43.9 Å². The zero-order valence-corrected chi connectivity index (χ0v) is 16.3. The lowest BCUT2D eigenvalue weighted by Crippen LogP contribution is -3.12. The summed E-state index contributed by atoms with van der Waals surface area (Å²) in [4.78, 5) is 27.0. The standard InChI is InChI=1S/C21H26FN3O2/c1-15(21(27)25(4)14-17-6-5-7-19(22)12-17)24(3)13-16-8-10-18(11-9-16)20(26)23-2/h5-12,15H,13-14H2,1-4H3,(H,23,26)/p+1/t15-/m1/s1. The Morgan fingerprint density at radius 3 is 2.41 bits per heavy atom. The number of halogens is 1. The summed E-state index contributed by atoms with van der Waals surface area (Å²) in [5.41, 5.74) is 2.42. The maximum Gasteiger partial charge on any atom is 0.280 e. The number of hydrogen-bond donors (Lipinski definition) is 2. The molecular formula is C21H27FN3O2+.